The number of aliphatic imine (C=N–C) groups is 1. The maximum Gasteiger partial charge on any atom is 0.196 e. The predicted octanol–water partition coefficient (Wildman–Crippen LogP) is 3.34. The van der Waals surface area contributed by atoms with Crippen molar-refractivity contribution in [1.29, 1.82) is 0 Å². The van der Waals surface area contributed by atoms with Crippen LogP contribution >= 0.6 is 0 Å². The third-order valence-corrected chi connectivity index (χ3v) is 5.81. The molecule has 2 heterocycles. The molecule has 0 unspecified atom stereocenters. The summed E-state index contributed by atoms with van der Waals surface area (Å²) in [6, 6.07) is 15.3. The van der Waals surface area contributed by atoms with Gasteiger partial charge in [-0.3, -0.25) is 4.99 Å². The lowest BCUT2D eigenvalue weighted by atomic mass is 10.0. The SMILES string of the molecule is CCN1CCN(C2=NCCN2CCc2ccc(-c3ccc(F)cc3)cc2)CC1. The molecule has 2 aliphatic rings. The lowest BCUT2D eigenvalue weighted by Crippen LogP contribution is -2.52. The number of benzene rings is 2. The normalized spacial score (nSPS) is 17.9. The lowest BCUT2D eigenvalue weighted by molar-refractivity contribution is 0.178. The monoisotopic (exact) mass is 380 g/mol. The van der Waals surface area contributed by atoms with Crippen molar-refractivity contribution >= 4 is 5.96 Å². The molecule has 0 amide bonds. The fraction of sp³-hybridized carbons (Fsp3) is 0.435. The van der Waals surface area contributed by atoms with Gasteiger partial charge in [-0.05, 0) is 41.8 Å². The Hall–Kier alpha value is -2.40. The van der Waals surface area contributed by atoms with Crippen molar-refractivity contribution in [2.45, 2.75) is 13.3 Å². The van der Waals surface area contributed by atoms with E-state index in [9.17, 15) is 4.39 Å². The van der Waals surface area contributed by atoms with Gasteiger partial charge in [-0.25, -0.2) is 4.39 Å². The van der Waals surface area contributed by atoms with Crippen LogP contribution in [-0.2, 0) is 6.42 Å². The molecule has 0 atom stereocenters. The molecule has 4 nitrogen and oxygen atoms in total. The first kappa shape index (κ1) is 18.9. The Bertz CT molecular complexity index is 792. The van der Waals surface area contributed by atoms with Gasteiger partial charge in [0.25, 0.3) is 0 Å². The zero-order valence-corrected chi connectivity index (χ0v) is 16.6. The Morgan fingerprint density at radius 1 is 0.857 bits per heavy atom. The molecule has 0 saturated carbocycles. The zero-order chi connectivity index (χ0) is 19.3. The van der Waals surface area contributed by atoms with Crippen LogP contribution in [-0.4, -0.2) is 73.0 Å². The van der Waals surface area contributed by atoms with Crippen LogP contribution in [0.5, 0.6) is 0 Å². The van der Waals surface area contributed by atoms with E-state index in [-0.39, 0.29) is 5.82 Å². The maximum atomic E-state index is 13.1. The molecule has 0 N–H and O–H groups in total. The number of halogens is 1. The first-order chi connectivity index (χ1) is 13.7. The molecule has 0 aromatic heterocycles. The summed E-state index contributed by atoms with van der Waals surface area (Å²) in [5.74, 6) is 0.998. The lowest BCUT2D eigenvalue weighted by Gasteiger charge is -2.38. The summed E-state index contributed by atoms with van der Waals surface area (Å²) in [4.78, 5) is 12.2. The van der Waals surface area contributed by atoms with Crippen LogP contribution < -0.4 is 0 Å². The molecule has 28 heavy (non-hydrogen) atoms. The van der Waals surface area contributed by atoms with E-state index in [1.165, 1.54) is 23.7 Å². The van der Waals surface area contributed by atoms with Crippen LogP contribution in [0.25, 0.3) is 11.1 Å². The second kappa shape index (κ2) is 8.74. The summed E-state index contributed by atoms with van der Waals surface area (Å²) < 4.78 is 13.1. The Balaban J connectivity index is 1.32. The molecule has 0 bridgehead atoms. The van der Waals surface area contributed by atoms with E-state index in [1.54, 1.807) is 0 Å². The minimum atomic E-state index is -0.195. The summed E-state index contributed by atoms with van der Waals surface area (Å²) in [6.45, 7) is 10.7. The average molecular weight is 381 g/mol. The standard InChI is InChI=1S/C23H29FN4/c1-2-26-15-17-28(18-16-26)23-25-12-14-27(23)13-11-19-3-5-20(6-4-19)21-7-9-22(24)10-8-21/h3-10H,2,11-18H2,1H3. The summed E-state index contributed by atoms with van der Waals surface area (Å²) in [5.41, 5.74) is 3.50. The second-order valence-corrected chi connectivity index (χ2v) is 7.54. The number of hydrogen-bond donors (Lipinski definition) is 0. The largest absolute Gasteiger partial charge is 0.341 e. The molecule has 0 radical (unpaired) electrons. The number of nitrogens with zero attached hydrogens (tertiary/aromatic N) is 4. The molecule has 4 rings (SSSR count). The minimum Gasteiger partial charge on any atom is -0.341 e. The number of guanidine groups is 1. The van der Waals surface area contributed by atoms with Crippen LogP contribution in [0.1, 0.15) is 12.5 Å². The molecule has 2 aromatic rings. The summed E-state index contributed by atoms with van der Waals surface area (Å²) in [7, 11) is 0. The molecule has 5 heteroatoms. The minimum absolute atomic E-state index is 0.195. The van der Waals surface area contributed by atoms with E-state index in [0.717, 1.165) is 69.9 Å². The summed E-state index contributed by atoms with van der Waals surface area (Å²) >= 11 is 0. The molecular weight excluding hydrogens is 351 g/mol. The van der Waals surface area contributed by atoms with Crippen LogP contribution in [0.3, 0.4) is 0 Å². The van der Waals surface area contributed by atoms with Gasteiger partial charge in [0.15, 0.2) is 5.96 Å². The van der Waals surface area contributed by atoms with Gasteiger partial charge in [0, 0.05) is 39.3 Å². The quantitative estimate of drug-likeness (QED) is 0.794. The van der Waals surface area contributed by atoms with Gasteiger partial charge in [-0.1, -0.05) is 43.3 Å². The number of likely N-dealkylation sites (N-methyl/N-ethyl adjacent to an activating group) is 1. The topological polar surface area (TPSA) is 22.1 Å². The fourth-order valence-electron chi connectivity index (χ4n) is 4.02. The molecule has 2 aliphatic heterocycles. The molecule has 1 fully saturated rings. The molecular formula is C23H29FN4. The number of rotatable bonds is 5. The van der Waals surface area contributed by atoms with E-state index < -0.39 is 0 Å². The van der Waals surface area contributed by atoms with E-state index in [4.69, 9.17) is 4.99 Å². The van der Waals surface area contributed by atoms with Crippen molar-refractivity contribution in [3.63, 3.8) is 0 Å². The first-order valence-corrected chi connectivity index (χ1v) is 10.3. The highest BCUT2D eigenvalue weighted by molar-refractivity contribution is 5.81. The Labute approximate surface area is 167 Å². The van der Waals surface area contributed by atoms with Gasteiger partial charge in [0.2, 0.25) is 0 Å². The highest BCUT2D eigenvalue weighted by atomic mass is 19.1. The van der Waals surface area contributed by atoms with Crippen molar-refractivity contribution in [2.24, 2.45) is 4.99 Å². The number of hydrogen-bond acceptors (Lipinski definition) is 4. The number of piperazine rings is 1. The summed E-state index contributed by atoms with van der Waals surface area (Å²) in [6.07, 6.45) is 1.01. The Kier molecular flexibility index (Phi) is 5.91. The van der Waals surface area contributed by atoms with Crippen molar-refractivity contribution < 1.29 is 4.39 Å². The van der Waals surface area contributed by atoms with E-state index in [1.807, 2.05) is 12.1 Å². The van der Waals surface area contributed by atoms with Crippen molar-refractivity contribution in [3.05, 3.63) is 59.9 Å². The molecule has 0 aliphatic carbocycles. The van der Waals surface area contributed by atoms with Gasteiger partial charge >= 0.3 is 0 Å². The highest BCUT2D eigenvalue weighted by Crippen LogP contribution is 2.20. The van der Waals surface area contributed by atoms with E-state index >= 15 is 0 Å². The molecule has 148 valence electrons. The van der Waals surface area contributed by atoms with Gasteiger partial charge < -0.3 is 14.7 Å². The van der Waals surface area contributed by atoms with Gasteiger partial charge in [-0.2, -0.15) is 0 Å². The second-order valence-electron chi connectivity index (χ2n) is 7.54. The van der Waals surface area contributed by atoms with Crippen molar-refractivity contribution in [2.75, 3.05) is 52.4 Å². The van der Waals surface area contributed by atoms with Crippen LogP contribution in [0.15, 0.2) is 53.5 Å². The average Bonchev–Trinajstić information content (AvgIpc) is 3.22. The van der Waals surface area contributed by atoms with Crippen molar-refractivity contribution in [1.82, 2.24) is 14.7 Å². The summed E-state index contributed by atoms with van der Waals surface area (Å²) in [5, 5.41) is 0. The first-order valence-electron chi connectivity index (χ1n) is 10.3. The fourth-order valence-corrected chi connectivity index (χ4v) is 4.02. The van der Waals surface area contributed by atoms with Crippen LogP contribution in [0, 0.1) is 5.82 Å². The van der Waals surface area contributed by atoms with E-state index in [2.05, 4.69) is 45.9 Å². The van der Waals surface area contributed by atoms with Crippen LogP contribution in [0.4, 0.5) is 4.39 Å². The van der Waals surface area contributed by atoms with E-state index in [0.29, 0.717) is 0 Å². The third kappa shape index (κ3) is 4.36. The smallest absolute Gasteiger partial charge is 0.196 e. The Morgan fingerprint density at radius 2 is 1.50 bits per heavy atom. The molecule has 2 aromatic carbocycles. The zero-order valence-electron chi connectivity index (χ0n) is 16.6. The van der Waals surface area contributed by atoms with Gasteiger partial charge in [-0.15, -0.1) is 0 Å². The molecule has 0 spiro atoms. The maximum absolute atomic E-state index is 13.1. The van der Waals surface area contributed by atoms with Crippen LogP contribution in [0.2, 0.25) is 0 Å². The van der Waals surface area contributed by atoms with Crippen molar-refractivity contribution in [3.8, 4) is 11.1 Å². The Morgan fingerprint density at radius 3 is 2.14 bits per heavy atom. The van der Waals surface area contributed by atoms with Gasteiger partial charge in [0.05, 0.1) is 6.54 Å². The molecule has 1 saturated heterocycles. The highest BCUT2D eigenvalue weighted by Gasteiger charge is 2.25. The van der Waals surface area contributed by atoms with Gasteiger partial charge in [0.1, 0.15) is 5.82 Å². The predicted molar refractivity (Wildman–Crippen MR) is 113 cm³/mol. The third-order valence-electron chi connectivity index (χ3n) is 5.81.